The van der Waals surface area contributed by atoms with E-state index in [1.165, 1.54) is 11.3 Å². The van der Waals surface area contributed by atoms with Gasteiger partial charge in [-0.3, -0.25) is 4.79 Å². The number of fused-ring (bicyclic) bond motifs is 3. The molecule has 2 aromatic heterocycles. The van der Waals surface area contributed by atoms with E-state index in [-0.39, 0.29) is 19.3 Å². The molecule has 0 saturated carbocycles. The van der Waals surface area contributed by atoms with Crippen molar-refractivity contribution in [2.75, 3.05) is 18.7 Å². The van der Waals surface area contributed by atoms with Crippen LogP contribution in [0.5, 0.6) is 11.5 Å². The highest BCUT2D eigenvalue weighted by Crippen LogP contribution is 2.38. The quantitative estimate of drug-likeness (QED) is 0.289. The Labute approximate surface area is 210 Å². The molecule has 0 spiro atoms. The first-order chi connectivity index (χ1) is 17.6. The Hall–Kier alpha value is -4.43. The highest BCUT2D eigenvalue weighted by atomic mass is 32.1. The zero-order valence-electron chi connectivity index (χ0n) is 19.2. The maximum absolute atomic E-state index is 13.7. The summed E-state index contributed by atoms with van der Waals surface area (Å²) in [5.74, 6) is 0.505. The number of benzene rings is 3. The summed E-state index contributed by atoms with van der Waals surface area (Å²) in [4.78, 5) is 31.3. The van der Waals surface area contributed by atoms with Crippen LogP contribution in [0.2, 0.25) is 0 Å². The van der Waals surface area contributed by atoms with Crippen LogP contribution in [-0.4, -0.2) is 30.3 Å². The Kier molecular flexibility index (Phi) is 5.50. The number of nitrogens with zero attached hydrogens (tertiary/aromatic N) is 1. The molecule has 3 aromatic carbocycles. The summed E-state index contributed by atoms with van der Waals surface area (Å²) in [5, 5.41) is 4.88. The van der Waals surface area contributed by atoms with Gasteiger partial charge in [-0.1, -0.05) is 36.4 Å². The van der Waals surface area contributed by atoms with Crippen molar-refractivity contribution >= 4 is 49.2 Å². The fourth-order valence-corrected chi connectivity index (χ4v) is 5.36. The number of ether oxygens (including phenoxy) is 3. The minimum Gasteiger partial charge on any atom is -0.462 e. The van der Waals surface area contributed by atoms with E-state index < -0.39 is 5.97 Å². The van der Waals surface area contributed by atoms with Crippen molar-refractivity contribution in [3.63, 3.8) is 0 Å². The second-order valence-corrected chi connectivity index (χ2v) is 9.17. The summed E-state index contributed by atoms with van der Waals surface area (Å²) in [6.45, 7) is 2.17. The monoisotopic (exact) mass is 496 g/mol. The molecule has 1 amide bonds. The summed E-state index contributed by atoms with van der Waals surface area (Å²) < 4.78 is 17.1. The molecule has 0 radical (unpaired) electrons. The van der Waals surface area contributed by atoms with Gasteiger partial charge in [0.1, 0.15) is 10.6 Å². The van der Waals surface area contributed by atoms with Crippen LogP contribution in [0, 0.1) is 0 Å². The van der Waals surface area contributed by atoms with Gasteiger partial charge in [0.15, 0.2) is 11.5 Å². The summed E-state index contributed by atoms with van der Waals surface area (Å²) >= 11 is 1.34. The first kappa shape index (κ1) is 22.1. The fraction of sp³-hybridized carbons (Fsp3) is 0.107. The lowest BCUT2D eigenvalue weighted by atomic mass is 10.0. The Morgan fingerprint density at radius 1 is 0.972 bits per heavy atom. The van der Waals surface area contributed by atoms with E-state index in [1.54, 1.807) is 13.0 Å². The molecule has 5 aromatic rings. The number of aromatic nitrogens is 1. The zero-order chi connectivity index (χ0) is 24.6. The average Bonchev–Trinajstić information content (AvgIpc) is 3.51. The third kappa shape index (κ3) is 3.81. The van der Waals surface area contributed by atoms with Crippen molar-refractivity contribution < 1.29 is 23.8 Å². The number of carbonyl (C=O) groups is 2. The van der Waals surface area contributed by atoms with Gasteiger partial charge >= 0.3 is 5.97 Å². The normalized spacial score (nSPS) is 12.1. The molecule has 7 nitrogen and oxygen atoms in total. The van der Waals surface area contributed by atoms with Crippen molar-refractivity contribution in [3.05, 3.63) is 83.9 Å². The molecule has 1 aliphatic rings. The van der Waals surface area contributed by atoms with Gasteiger partial charge in [0.25, 0.3) is 5.91 Å². The summed E-state index contributed by atoms with van der Waals surface area (Å²) in [7, 11) is 0. The first-order valence-electron chi connectivity index (χ1n) is 11.4. The van der Waals surface area contributed by atoms with Crippen molar-refractivity contribution in [2.24, 2.45) is 0 Å². The minimum atomic E-state index is -0.467. The Morgan fingerprint density at radius 3 is 2.61 bits per heavy atom. The number of hydrogen-bond acceptors (Lipinski definition) is 7. The van der Waals surface area contributed by atoms with Crippen molar-refractivity contribution in [1.29, 1.82) is 0 Å². The molecule has 0 saturated heterocycles. The lowest BCUT2D eigenvalue weighted by molar-refractivity contribution is 0.0530. The third-order valence-corrected chi connectivity index (χ3v) is 7.02. The molecule has 0 unspecified atom stereocenters. The van der Waals surface area contributed by atoms with E-state index >= 15 is 0 Å². The molecular formula is C28H20N2O5S. The number of rotatable bonds is 5. The SMILES string of the molecule is CCOC(=O)c1c(NC(=O)c2cc(-c3ccc4c(c3)OCO4)nc3ccccc23)sc2ccccc12. The molecule has 8 heteroatoms. The van der Waals surface area contributed by atoms with Crippen LogP contribution in [0.15, 0.2) is 72.8 Å². The van der Waals surface area contributed by atoms with Crippen LogP contribution in [0.3, 0.4) is 0 Å². The highest BCUT2D eigenvalue weighted by Gasteiger charge is 2.23. The van der Waals surface area contributed by atoms with Gasteiger partial charge < -0.3 is 19.5 Å². The standard InChI is InChI=1S/C28H20N2O5S/c1-2-33-28(32)25-18-8-4-6-10-24(18)36-27(25)30-26(31)19-14-21(29-20-9-5-3-7-17(19)20)16-11-12-22-23(13-16)35-15-34-22/h3-14H,2,15H2,1H3,(H,30,31). The van der Waals surface area contributed by atoms with Crippen molar-refractivity contribution in [3.8, 4) is 22.8 Å². The fourth-order valence-electron chi connectivity index (χ4n) is 4.28. The largest absolute Gasteiger partial charge is 0.462 e. The minimum absolute atomic E-state index is 0.176. The zero-order valence-corrected chi connectivity index (χ0v) is 20.1. The van der Waals surface area contributed by atoms with Crippen LogP contribution in [0.1, 0.15) is 27.6 Å². The molecule has 0 fully saturated rings. The summed E-state index contributed by atoms with van der Waals surface area (Å²) in [5.41, 5.74) is 2.91. The molecule has 178 valence electrons. The van der Waals surface area contributed by atoms with Crippen LogP contribution < -0.4 is 14.8 Å². The predicted molar refractivity (Wildman–Crippen MR) is 139 cm³/mol. The number of carbonyl (C=O) groups excluding carboxylic acids is 2. The average molecular weight is 497 g/mol. The van der Waals surface area contributed by atoms with Gasteiger partial charge in [-0.15, -0.1) is 11.3 Å². The third-order valence-electron chi connectivity index (χ3n) is 5.93. The number of anilines is 1. The van der Waals surface area contributed by atoms with Gasteiger partial charge in [-0.2, -0.15) is 0 Å². The first-order valence-corrected chi connectivity index (χ1v) is 12.2. The molecular weight excluding hydrogens is 476 g/mol. The summed E-state index contributed by atoms with van der Waals surface area (Å²) in [6.07, 6.45) is 0. The van der Waals surface area contributed by atoms with E-state index in [4.69, 9.17) is 19.2 Å². The van der Waals surface area contributed by atoms with E-state index in [1.807, 2.05) is 66.7 Å². The smallest absolute Gasteiger partial charge is 0.341 e. The van der Waals surface area contributed by atoms with Crippen LogP contribution in [-0.2, 0) is 4.74 Å². The van der Waals surface area contributed by atoms with Gasteiger partial charge in [-0.25, -0.2) is 9.78 Å². The maximum atomic E-state index is 13.7. The molecule has 1 N–H and O–H groups in total. The molecule has 3 heterocycles. The number of pyridine rings is 1. The topological polar surface area (TPSA) is 86.8 Å². The predicted octanol–water partition coefficient (Wildman–Crippen LogP) is 6.27. The van der Waals surface area contributed by atoms with Crippen LogP contribution in [0.25, 0.3) is 32.2 Å². The molecule has 0 bridgehead atoms. The Morgan fingerprint density at radius 2 is 1.75 bits per heavy atom. The number of hydrogen-bond donors (Lipinski definition) is 1. The van der Waals surface area contributed by atoms with Gasteiger partial charge in [0.05, 0.1) is 23.4 Å². The molecule has 0 aliphatic carbocycles. The van der Waals surface area contributed by atoms with E-state index in [0.717, 1.165) is 15.6 Å². The molecule has 1 aliphatic heterocycles. The number of nitrogens with one attached hydrogen (secondary N) is 1. The van der Waals surface area contributed by atoms with Gasteiger partial charge in [-0.05, 0) is 43.3 Å². The Bertz CT molecular complexity index is 1660. The lowest BCUT2D eigenvalue weighted by Gasteiger charge is -2.11. The highest BCUT2D eigenvalue weighted by molar-refractivity contribution is 7.23. The van der Waals surface area contributed by atoms with Crippen LogP contribution in [0.4, 0.5) is 5.00 Å². The number of esters is 1. The number of thiophene rings is 1. The molecule has 6 rings (SSSR count). The number of amides is 1. The second kappa shape index (κ2) is 8.98. The van der Waals surface area contributed by atoms with E-state index in [2.05, 4.69) is 5.32 Å². The summed E-state index contributed by atoms with van der Waals surface area (Å²) in [6, 6.07) is 22.3. The van der Waals surface area contributed by atoms with E-state index in [0.29, 0.717) is 44.2 Å². The molecule has 0 atom stereocenters. The maximum Gasteiger partial charge on any atom is 0.341 e. The lowest BCUT2D eigenvalue weighted by Crippen LogP contribution is -2.15. The van der Waals surface area contributed by atoms with Crippen molar-refractivity contribution in [1.82, 2.24) is 4.98 Å². The van der Waals surface area contributed by atoms with Crippen molar-refractivity contribution in [2.45, 2.75) is 6.92 Å². The Balaban J connectivity index is 1.44. The van der Waals surface area contributed by atoms with Gasteiger partial charge in [0, 0.05) is 21.0 Å². The van der Waals surface area contributed by atoms with E-state index in [9.17, 15) is 9.59 Å². The second-order valence-electron chi connectivity index (χ2n) is 8.12. The van der Waals surface area contributed by atoms with Gasteiger partial charge in [0.2, 0.25) is 6.79 Å². The molecule has 36 heavy (non-hydrogen) atoms. The van der Waals surface area contributed by atoms with Crippen LogP contribution >= 0.6 is 11.3 Å². The number of para-hydroxylation sites is 1.